The summed E-state index contributed by atoms with van der Waals surface area (Å²) in [5.41, 5.74) is 3.05. The summed E-state index contributed by atoms with van der Waals surface area (Å²) in [6, 6.07) is 5.71. The van der Waals surface area contributed by atoms with Crippen LogP contribution in [0.15, 0.2) is 30.6 Å². The van der Waals surface area contributed by atoms with Crippen LogP contribution in [0.25, 0.3) is 17.3 Å². The summed E-state index contributed by atoms with van der Waals surface area (Å²) in [7, 11) is 0. The SMILES string of the molecule is Clc1cc(OCc2cn3cc(C4CC4)ccc3n2)nc(-c2nn[nH]n2)n1. The Morgan fingerprint density at radius 2 is 2.08 bits per heavy atom. The maximum Gasteiger partial charge on any atom is 0.242 e. The van der Waals surface area contributed by atoms with Crippen LogP contribution in [-0.4, -0.2) is 40.0 Å². The van der Waals surface area contributed by atoms with Gasteiger partial charge >= 0.3 is 0 Å². The van der Waals surface area contributed by atoms with Gasteiger partial charge in [0.1, 0.15) is 17.4 Å². The molecule has 1 N–H and O–H groups in total. The minimum Gasteiger partial charge on any atom is -0.471 e. The number of H-pyrrole nitrogens is 1. The molecule has 26 heavy (non-hydrogen) atoms. The number of rotatable bonds is 5. The number of aromatic amines is 1. The van der Waals surface area contributed by atoms with Crippen molar-refractivity contribution in [3.8, 4) is 17.5 Å². The normalized spacial score (nSPS) is 14.0. The highest BCUT2D eigenvalue weighted by molar-refractivity contribution is 6.29. The van der Waals surface area contributed by atoms with Gasteiger partial charge < -0.3 is 9.14 Å². The standard InChI is InChI=1S/C16H13ClN8O/c17-12-5-14(20-15(19-12)16-21-23-24-22-16)26-8-11-7-25-6-10(9-1-2-9)3-4-13(25)18-11/h3-7,9H,1-2,8H2,(H,21,22,23,24). The lowest BCUT2D eigenvalue weighted by Gasteiger charge is -2.04. The minimum absolute atomic E-state index is 0.235. The van der Waals surface area contributed by atoms with Crippen LogP contribution in [0, 0.1) is 0 Å². The molecule has 0 aromatic carbocycles. The van der Waals surface area contributed by atoms with Crippen LogP contribution in [-0.2, 0) is 6.61 Å². The van der Waals surface area contributed by atoms with Crippen molar-refractivity contribution in [2.24, 2.45) is 0 Å². The summed E-state index contributed by atoms with van der Waals surface area (Å²) in [4.78, 5) is 12.9. The number of hydrogen-bond donors (Lipinski definition) is 1. The van der Waals surface area contributed by atoms with E-state index in [0.29, 0.717) is 11.8 Å². The lowest BCUT2D eigenvalue weighted by Crippen LogP contribution is -2.00. The van der Waals surface area contributed by atoms with E-state index in [1.807, 2.05) is 16.7 Å². The van der Waals surface area contributed by atoms with Crippen LogP contribution < -0.4 is 4.74 Å². The summed E-state index contributed by atoms with van der Waals surface area (Å²) < 4.78 is 7.77. The highest BCUT2D eigenvalue weighted by atomic mass is 35.5. The molecule has 4 aromatic rings. The first-order valence-corrected chi connectivity index (χ1v) is 8.51. The molecule has 4 heterocycles. The van der Waals surface area contributed by atoms with Crippen LogP contribution in [0.5, 0.6) is 5.88 Å². The molecule has 0 atom stereocenters. The molecule has 0 amide bonds. The van der Waals surface area contributed by atoms with Crippen molar-refractivity contribution in [2.45, 2.75) is 25.4 Å². The maximum absolute atomic E-state index is 6.03. The zero-order chi connectivity index (χ0) is 17.5. The molecule has 1 aliphatic carbocycles. The van der Waals surface area contributed by atoms with Crippen molar-refractivity contribution in [3.63, 3.8) is 0 Å². The maximum atomic E-state index is 6.03. The predicted molar refractivity (Wildman–Crippen MR) is 91.7 cm³/mol. The Bertz CT molecular complexity index is 1070. The van der Waals surface area contributed by atoms with E-state index in [1.165, 1.54) is 24.5 Å². The van der Waals surface area contributed by atoms with E-state index in [-0.39, 0.29) is 23.4 Å². The van der Waals surface area contributed by atoms with Gasteiger partial charge in [-0.25, -0.2) is 9.97 Å². The molecule has 9 nitrogen and oxygen atoms in total. The van der Waals surface area contributed by atoms with Crippen LogP contribution in [0.1, 0.15) is 30.0 Å². The van der Waals surface area contributed by atoms with Crippen molar-refractivity contribution < 1.29 is 4.74 Å². The van der Waals surface area contributed by atoms with Crippen LogP contribution >= 0.6 is 11.6 Å². The topological polar surface area (TPSA) is 107 Å². The number of nitrogens with one attached hydrogen (secondary N) is 1. The van der Waals surface area contributed by atoms with E-state index in [0.717, 1.165) is 11.3 Å². The number of pyridine rings is 1. The molecule has 130 valence electrons. The Labute approximate surface area is 152 Å². The van der Waals surface area contributed by atoms with E-state index in [4.69, 9.17) is 16.3 Å². The fraction of sp³-hybridized carbons (Fsp3) is 0.250. The number of aromatic nitrogens is 8. The van der Waals surface area contributed by atoms with Gasteiger partial charge in [-0.05, 0) is 35.6 Å². The highest BCUT2D eigenvalue weighted by Gasteiger charge is 2.23. The second-order valence-electron chi connectivity index (χ2n) is 6.11. The smallest absolute Gasteiger partial charge is 0.242 e. The molecule has 0 unspecified atom stereocenters. The molecule has 1 saturated carbocycles. The lowest BCUT2D eigenvalue weighted by atomic mass is 10.2. The summed E-state index contributed by atoms with van der Waals surface area (Å²) in [5, 5.41) is 13.8. The Morgan fingerprint density at radius 1 is 1.15 bits per heavy atom. The zero-order valence-electron chi connectivity index (χ0n) is 13.5. The molecule has 0 aliphatic heterocycles. The van der Waals surface area contributed by atoms with Crippen molar-refractivity contribution in [3.05, 3.63) is 47.0 Å². The fourth-order valence-electron chi connectivity index (χ4n) is 2.76. The Hall–Kier alpha value is -3.07. The second-order valence-corrected chi connectivity index (χ2v) is 6.50. The monoisotopic (exact) mass is 368 g/mol. The van der Waals surface area contributed by atoms with Crippen molar-refractivity contribution in [2.75, 3.05) is 0 Å². The number of nitrogens with zero attached hydrogens (tertiary/aromatic N) is 7. The first-order chi connectivity index (χ1) is 12.7. The largest absolute Gasteiger partial charge is 0.471 e. The second kappa shape index (κ2) is 6.03. The Morgan fingerprint density at radius 3 is 2.88 bits per heavy atom. The molecular weight excluding hydrogens is 356 g/mol. The first-order valence-electron chi connectivity index (χ1n) is 8.13. The van der Waals surface area contributed by atoms with Crippen LogP contribution in [0.3, 0.4) is 0 Å². The molecule has 0 radical (unpaired) electrons. The van der Waals surface area contributed by atoms with Gasteiger partial charge in [0, 0.05) is 18.5 Å². The Kier molecular flexibility index (Phi) is 3.52. The van der Waals surface area contributed by atoms with Gasteiger partial charge in [0.2, 0.25) is 17.5 Å². The number of tetrazole rings is 1. The number of halogens is 1. The third kappa shape index (κ3) is 2.97. The molecule has 0 spiro atoms. The van der Waals surface area contributed by atoms with Crippen molar-refractivity contribution in [1.82, 2.24) is 40.0 Å². The number of imidazole rings is 1. The summed E-state index contributed by atoms with van der Waals surface area (Å²) >= 11 is 6.03. The quantitative estimate of drug-likeness (QED) is 0.539. The fourth-order valence-corrected chi connectivity index (χ4v) is 2.94. The molecule has 5 rings (SSSR count). The van der Waals surface area contributed by atoms with E-state index in [2.05, 4.69) is 47.8 Å². The van der Waals surface area contributed by atoms with E-state index in [1.54, 1.807) is 0 Å². The van der Waals surface area contributed by atoms with Crippen LogP contribution in [0.2, 0.25) is 5.15 Å². The minimum atomic E-state index is 0.235. The van der Waals surface area contributed by atoms with Crippen molar-refractivity contribution in [1.29, 1.82) is 0 Å². The van der Waals surface area contributed by atoms with Gasteiger partial charge in [-0.15, -0.1) is 10.2 Å². The van der Waals surface area contributed by atoms with E-state index >= 15 is 0 Å². The molecule has 0 saturated heterocycles. The van der Waals surface area contributed by atoms with Crippen LogP contribution in [0.4, 0.5) is 0 Å². The van der Waals surface area contributed by atoms with Gasteiger partial charge in [0.15, 0.2) is 0 Å². The summed E-state index contributed by atoms with van der Waals surface area (Å²) in [5.74, 6) is 1.51. The van der Waals surface area contributed by atoms with Gasteiger partial charge in [0.25, 0.3) is 0 Å². The molecule has 10 heteroatoms. The molecular formula is C16H13ClN8O. The highest BCUT2D eigenvalue weighted by Crippen LogP contribution is 2.39. The summed E-state index contributed by atoms with van der Waals surface area (Å²) in [6.45, 7) is 0.263. The molecule has 1 fully saturated rings. The van der Waals surface area contributed by atoms with Gasteiger partial charge in [-0.2, -0.15) is 10.2 Å². The third-order valence-electron chi connectivity index (χ3n) is 4.16. The summed E-state index contributed by atoms with van der Waals surface area (Å²) in [6.07, 6.45) is 6.64. The zero-order valence-corrected chi connectivity index (χ0v) is 14.3. The van der Waals surface area contributed by atoms with Crippen molar-refractivity contribution >= 4 is 17.2 Å². The lowest BCUT2D eigenvalue weighted by molar-refractivity contribution is 0.290. The van der Waals surface area contributed by atoms with E-state index in [9.17, 15) is 0 Å². The molecule has 4 aromatic heterocycles. The Balaban J connectivity index is 1.36. The van der Waals surface area contributed by atoms with Gasteiger partial charge in [0.05, 0.1) is 5.69 Å². The van der Waals surface area contributed by atoms with Gasteiger partial charge in [-0.3, -0.25) is 0 Å². The van der Waals surface area contributed by atoms with E-state index < -0.39 is 0 Å². The molecule has 0 bridgehead atoms. The molecule has 1 aliphatic rings. The number of hydrogen-bond acceptors (Lipinski definition) is 7. The average molecular weight is 369 g/mol. The average Bonchev–Trinajstić information content (AvgIpc) is 3.18. The number of ether oxygens (including phenoxy) is 1. The predicted octanol–water partition coefficient (Wildman–Crippen LogP) is 2.41. The number of fused-ring (bicyclic) bond motifs is 1. The third-order valence-corrected chi connectivity index (χ3v) is 4.35. The first kappa shape index (κ1) is 15.2. The van der Waals surface area contributed by atoms with Gasteiger partial charge in [-0.1, -0.05) is 17.7 Å².